The van der Waals surface area contributed by atoms with Gasteiger partial charge in [0.15, 0.2) is 6.29 Å². The molecular formula is C15H15NO5S. The Kier molecular flexibility index (Phi) is 4.37. The highest BCUT2D eigenvalue weighted by Crippen LogP contribution is 2.26. The van der Waals surface area contributed by atoms with E-state index in [1.165, 1.54) is 17.4 Å². The second kappa shape index (κ2) is 6.43. The van der Waals surface area contributed by atoms with E-state index in [2.05, 4.69) is 5.48 Å². The van der Waals surface area contributed by atoms with E-state index in [4.69, 9.17) is 14.7 Å². The van der Waals surface area contributed by atoms with Gasteiger partial charge in [0.25, 0.3) is 5.91 Å². The lowest BCUT2D eigenvalue weighted by atomic mass is 10.1. The van der Waals surface area contributed by atoms with Crippen LogP contribution >= 0.6 is 11.3 Å². The maximum Gasteiger partial charge on any atom is 0.335 e. The van der Waals surface area contributed by atoms with E-state index >= 15 is 0 Å². The van der Waals surface area contributed by atoms with Crippen LogP contribution in [0.3, 0.4) is 0 Å². The predicted molar refractivity (Wildman–Crippen MR) is 80.9 cm³/mol. The third-order valence-electron chi connectivity index (χ3n) is 3.41. The monoisotopic (exact) mass is 321 g/mol. The van der Waals surface area contributed by atoms with Crippen LogP contribution in [0.5, 0.6) is 0 Å². The van der Waals surface area contributed by atoms with Gasteiger partial charge in [-0.1, -0.05) is 0 Å². The van der Waals surface area contributed by atoms with Gasteiger partial charge in [0.1, 0.15) is 0 Å². The Bertz CT molecular complexity index is 705. The van der Waals surface area contributed by atoms with Crippen molar-refractivity contribution < 1.29 is 24.3 Å². The SMILES string of the molecule is O=C(O)c1ccc2sc(C(=O)NOC3CCCCO3)cc2c1. The Labute approximate surface area is 130 Å². The molecule has 1 aliphatic rings. The summed E-state index contributed by atoms with van der Waals surface area (Å²) in [5, 5.41) is 9.70. The summed E-state index contributed by atoms with van der Waals surface area (Å²) in [6, 6.07) is 6.43. The lowest BCUT2D eigenvalue weighted by molar-refractivity contribution is -0.186. The molecule has 2 heterocycles. The Balaban J connectivity index is 1.69. The molecule has 3 rings (SSSR count). The fraction of sp³-hybridized carbons (Fsp3) is 0.333. The van der Waals surface area contributed by atoms with Crippen LogP contribution in [0.1, 0.15) is 39.3 Å². The molecule has 2 N–H and O–H groups in total. The molecule has 1 amide bonds. The highest BCUT2D eigenvalue weighted by molar-refractivity contribution is 7.20. The Morgan fingerprint density at radius 3 is 2.91 bits per heavy atom. The number of fused-ring (bicyclic) bond motifs is 1. The van der Waals surface area contributed by atoms with Crippen LogP contribution in [0.4, 0.5) is 0 Å². The van der Waals surface area contributed by atoms with E-state index in [1.54, 1.807) is 18.2 Å². The second-order valence-corrected chi connectivity index (χ2v) is 6.10. The second-order valence-electron chi connectivity index (χ2n) is 5.01. The van der Waals surface area contributed by atoms with Crippen molar-refractivity contribution in [3.8, 4) is 0 Å². The van der Waals surface area contributed by atoms with Crippen molar-refractivity contribution in [1.82, 2.24) is 5.48 Å². The number of carboxylic acid groups (broad SMARTS) is 1. The minimum atomic E-state index is -0.989. The van der Waals surface area contributed by atoms with Gasteiger partial charge in [0.2, 0.25) is 0 Å². The van der Waals surface area contributed by atoms with E-state index in [9.17, 15) is 9.59 Å². The Hall–Kier alpha value is -1.96. The molecule has 116 valence electrons. The molecule has 0 saturated carbocycles. The number of amides is 1. The number of hydrogen-bond donors (Lipinski definition) is 2. The number of hydrogen-bond acceptors (Lipinski definition) is 5. The van der Waals surface area contributed by atoms with Gasteiger partial charge in [0.05, 0.1) is 10.4 Å². The zero-order valence-corrected chi connectivity index (χ0v) is 12.5. The molecule has 1 aromatic carbocycles. The van der Waals surface area contributed by atoms with E-state index in [0.29, 0.717) is 11.5 Å². The first kappa shape index (κ1) is 15.0. The molecule has 1 unspecified atom stereocenters. The third kappa shape index (κ3) is 3.27. The summed E-state index contributed by atoms with van der Waals surface area (Å²) in [4.78, 5) is 28.7. The minimum Gasteiger partial charge on any atom is -0.478 e. The van der Waals surface area contributed by atoms with Crippen molar-refractivity contribution >= 4 is 33.3 Å². The summed E-state index contributed by atoms with van der Waals surface area (Å²) in [5.74, 6) is -1.34. The molecule has 22 heavy (non-hydrogen) atoms. The number of nitrogens with one attached hydrogen (secondary N) is 1. The Morgan fingerprint density at radius 1 is 1.32 bits per heavy atom. The van der Waals surface area contributed by atoms with Crippen LogP contribution in [0.2, 0.25) is 0 Å². The van der Waals surface area contributed by atoms with E-state index in [0.717, 1.165) is 29.3 Å². The molecule has 0 aliphatic carbocycles. The van der Waals surface area contributed by atoms with Gasteiger partial charge in [-0.05, 0) is 42.5 Å². The molecular weight excluding hydrogens is 306 g/mol. The van der Waals surface area contributed by atoms with Gasteiger partial charge in [0, 0.05) is 17.7 Å². The number of benzene rings is 1. The van der Waals surface area contributed by atoms with Crippen molar-refractivity contribution in [2.75, 3.05) is 6.61 Å². The first-order valence-corrected chi connectivity index (χ1v) is 7.79. The van der Waals surface area contributed by atoms with Crippen LogP contribution in [0.15, 0.2) is 24.3 Å². The standard InChI is InChI=1S/C15H15NO5S/c17-14(16-21-13-3-1-2-6-20-13)12-8-10-7-9(15(18)19)4-5-11(10)22-12/h4-5,7-8,13H,1-3,6H2,(H,16,17)(H,18,19). The summed E-state index contributed by atoms with van der Waals surface area (Å²) in [7, 11) is 0. The van der Waals surface area contributed by atoms with Crippen LogP contribution in [-0.2, 0) is 9.57 Å². The highest BCUT2D eigenvalue weighted by atomic mass is 32.1. The molecule has 7 heteroatoms. The summed E-state index contributed by atoms with van der Waals surface area (Å²) >= 11 is 1.29. The largest absolute Gasteiger partial charge is 0.478 e. The van der Waals surface area contributed by atoms with Gasteiger partial charge in [-0.3, -0.25) is 4.79 Å². The van der Waals surface area contributed by atoms with E-state index in [-0.39, 0.29) is 11.5 Å². The lowest BCUT2D eigenvalue weighted by Crippen LogP contribution is -2.32. The minimum absolute atomic E-state index is 0.198. The van der Waals surface area contributed by atoms with Crippen molar-refractivity contribution in [2.45, 2.75) is 25.6 Å². The van der Waals surface area contributed by atoms with Crippen molar-refractivity contribution in [3.05, 3.63) is 34.7 Å². The number of carbonyl (C=O) groups excluding carboxylic acids is 1. The molecule has 6 nitrogen and oxygen atoms in total. The maximum absolute atomic E-state index is 12.1. The summed E-state index contributed by atoms with van der Waals surface area (Å²) in [5.41, 5.74) is 2.60. The molecule has 1 atom stereocenters. The molecule has 0 radical (unpaired) electrons. The van der Waals surface area contributed by atoms with E-state index < -0.39 is 12.3 Å². The number of carboxylic acids is 1. The smallest absolute Gasteiger partial charge is 0.335 e. The number of thiophene rings is 1. The molecule has 1 aliphatic heterocycles. The third-order valence-corrected chi connectivity index (χ3v) is 4.52. The topological polar surface area (TPSA) is 84.9 Å². The van der Waals surface area contributed by atoms with Crippen molar-refractivity contribution in [2.24, 2.45) is 0 Å². The van der Waals surface area contributed by atoms with Crippen LogP contribution in [0.25, 0.3) is 10.1 Å². The average molecular weight is 321 g/mol. The summed E-state index contributed by atoms with van der Waals surface area (Å²) in [6.45, 7) is 0.640. The highest BCUT2D eigenvalue weighted by Gasteiger charge is 2.17. The maximum atomic E-state index is 12.1. The molecule has 1 aromatic heterocycles. The zero-order chi connectivity index (χ0) is 15.5. The van der Waals surface area contributed by atoms with Crippen LogP contribution in [0, 0.1) is 0 Å². The quantitative estimate of drug-likeness (QED) is 0.846. The zero-order valence-electron chi connectivity index (χ0n) is 11.7. The molecule has 1 fully saturated rings. The van der Waals surface area contributed by atoms with Crippen molar-refractivity contribution in [1.29, 1.82) is 0 Å². The van der Waals surface area contributed by atoms with E-state index in [1.807, 2.05) is 0 Å². The first-order valence-electron chi connectivity index (χ1n) is 6.98. The fourth-order valence-corrected chi connectivity index (χ4v) is 3.19. The van der Waals surface area contributed by atoms with Gasteiger partial charge >= 0.3 is 5.97 Å². The number of carbonyl (C=O) groups is 2. The van der Waals surface area contributed by atoms with Gasteiger partial charge < -0.3 is 9.84 Å². The number of hydroxylamine groups is 1. The summed E-state index contributed by atoms with van der Waals surface area (Å²) in [6.07, 6.45) is 2.39. The normalized spacial score (nSPS) is 18.3. The first-order chi connectivity index (χ1) is 10.6. The van der Waals surface area contributed by atoms with Gasteiger partial charge in [-0.2, -0.15) is 0 Å². The number of aromatic carboxylic acids is 1. The molecule has 1 saturated heterocycles. The lowest BCUT2D eigenvalue weighted by Gasteiger charge is -2.21. The molecule has 0 spiro atoms. The fourth-order valence-electron chi connectivity index (χ4n) is 2.26. The van der Waals surface area contributed by atoms with Gasteiger partial charge in [-0.15, -0.1) is 11.3 Å². The molecule has 2 aromatic rings. The number of ether oxygens (including phenoxy) is 1. The number of rotatable bonds is 4. The average Bonchev–Trinajstić information content (AvgIpc) is 2.96. The van der Waals surface area contributed by atoms with Crippen molar-refractivity contribution in [3.63, 3.8) is 0 Å². The van der Waals surface area contributed by atoms with Crippen LogP contribution in [-0.4, -0.2) is 29.9 Å². The Morgan fingerprint density at radius 2 is 2.18 bits per heavy atom. The van der Waals surface area contributed by atoms with Gasteiger partial charge in [-0.25, -0.2) is 15.1 Å². The summed E-state index contributed by atoms with van der Waals surface area (Å²) < 4.78 is 6.22. The predicted octanol–water partition coefficient (Wildman–Crippen LogP) is 2.79. The van der Waals surface area contributed by atoms with Crippen LogP contribution < -0.4 is 5.48 Å². The molecule has 0 bridgehead atoms.